The number of nitrogens with zero attached hydrogens (tertiary/aromatic N) is 2. The van der Waals surface area contributed by atoms with Crippen LogP contribution in [0, 0.1) is 11.8 Å². The van der Waals surface area contributed by atoms with Crippen molar-refractivity contribution < 1.29 is 4.42 Å². The predicted octanol–water partition coefficient (Wildman–Crippen LogP) is 3.46. The molecule has 0 bridgehead atoms. The Balaban J connectivity index is 1.41. The van der Waals surface area contributed by atoms with Crippen LogP contribution in [0.4, 0.5) is 0 Å². The van der Waals surface area contributed by atoms with Crippen LogP contribution in [0.15, 0.2) is 40.5 Å². The third-order valence-electron chi connectivity index (χ3n) is 4.81. The van der Waals surface area contributed by atoms with Crippen molar-refractivity contribution in [3.8, 4) is 11.5 Å². The summed E-state index contributed by atoms with van der Waals surface area (Å²) in [5.74, 6) is 3.60. The first-order valence-electron chi connectivity index (χ1n) is 7.74. The van der Waals surface area contributed by atoms with Crippen LogP contribution in [0.5, 0.6) is 0 Å². The van der Waals surface area contributed by atoms with Gasteiger partial charge < -0.3 is 4.42 Å². The molecule has 1 aliphatic carbocycles. The molecule has 0 amide bonds. The summed E-state index contributed by atoms with van der Waals surface area (Å²) in [5.41, 5.74) is 2.51. The monoisotopic (exact) mass is 283 g/mol. The maximum Gasteiger partial charge on any atom is 0.152 e. The van der Waals surface area contributed by atoms with Crippen molar-refractivity contribution in [2.24, 2.45) is 11.8 Å². The van der Waals surface area contributed by atoms with E-state index in [-0.39, 0.29) is 0 Å². The van der Waals surface area contributed by atoms with Crippen LogP contribution in [0.1, 0.15) is 25.5 Å². The highest BCUT2D eigenvalue weighted by molar-refractivity contribution is 5.51. The quantitative estimate of drug-likeness (QED) is 0.877. The van der Waals surface area contributed by atoms with Gasteiger partial charge in [0.2, 0.25) is 0 Å². The first kappa shape index (κ1) is 12.9. The van der Waals surface area contributed by atoms with Crippen molar-refractivity contribution in [2.75, 3.05) is 13.1 Å². The number of likely N-dealkylation sites (tertiary alicyclic amines) is 1. The minimum absolute atomic E-state index is 0.843. The maximum absolute atomic E-state index is 5.94. The predicted molar refractivity (Wildman–Crippen MR) is 81.5 cm³/mol. The van der Waals surface area contributed by atoms with Crippen LogP contribution in [0.25, 0.3) is 11.5 Å². The van der Waals surface area contributed by atoms with E-state index in [4.69, 9.17) is 4.42 Å². The molecule has 1 N–H and O–H groups in total. The molecule has 4 rings (SSSR count). The minimum Gasteiger partial charge on any atom is -0.458 e. The second-order valence-electron chi connectivity index (χ2n) is 6.44. The lowest BCUT2D eigenvalue weighted by Crippen LogP contribution is -2.19. The molecule has 1 fully saturated rings. The SMILES string of the molecule is CC1=CC[C@@H]2CN(Cc3ccc(-c4ccn[nH]4)o3)C[C@@H]2C1. The molecule has 2 aliphatic rings. The number of nitrogens with one attached hydrogen (secondary N) is 1. The van der Waals surface area contributed by atoms with E-state index in [1.165, 1.54) is 25.9 Å². The van der Waals surface area contributed by atoms with E-state index < -0.39 is 0 Å². The first-order chi connectivity index (χ1) is 10.3. The zero-order valence-electron chi connectivity index (χ0n) is 12.4. The number of rotatable bonds is 3. The summed E-state index contributed by atoms with van der Waals surface area (Å²) in [5, 5.41) is 6.91. The first-order valence-corrected chi connectivity index (χ1v) is 7.74. The molecule has 0 unspecified atom stereocenters. The molecule has 3 heterocycles. The van der Waals surface area contributed by atoms with E-state index in [1.54, 1.807) is 11.8 Å². The summed E-state index contributed by atoms with van der Waals surface area (Å²) in [6, 6.07) is 6.04. The largest absolute Gasteiger partial charge is 0.458 e. The van der Waals surface area contributed by atoms with Crippen molar-refractivity contribution in [3.63, 3.8) is 0 Å². The normalized spacial score (nSPS) is 25.9. The molecule has 1 aliphatic heterocycles. The van der Waals surface area contributed by atoms with Crippen LogP contribution in [-0.4, -0.2) is 28.2 Å². The van der Waals surface area contributed by atoms with Crippen molar-refractivity contribution >= 4 is 0 Å². The fraction of sp³-hybridized carbons (Fsp3) is 0.471. The molecular weight excluding hydrogens is 262 g/mol. The van der Waals surface area contributed by atoms with E-state index >= 15 is 0 Å². The Morgan fingerprint density at radius 3 is 3.05 bits per heavy atom. The lowest BCUT2D eigenvalue weighted by molar-refractivity contribution is 0.285. The Hall–Kier alpha value is -1.81. The molecular formula is C17H21N3O. The summed E-state index contributed by atoms with van der Waals surface area (Å²) in [6.07, 6.45) is 6.70. The zero-order valence-corrected chi connectivity index (χ0v) is 12.4. The van der Waals surface area contributed by atoms with Gasteiger partial charge in [-0.25, -0.2) is 0 Å². The molecule has 2 aromatic rings. The molecule has 0 spiro atoms. The Labute approximate surface area is 124 Å². The van der Waals surface area contributed by atoms with Crippen molar-refractivity contribution in [2.45, 2.75) is 26.3 Å². The fourth-order valence-electron chi connectivity index (χ4n) is 3.73. The highest BCUT2D eigenvalue weighted by Gasteiger charge is 2.34. The van der Waals surface area contributed by atoms with Gasteiger partial charge in [-0.2, -0.15) is 5.10 Å². The van der Waals surface area contributed by atoms with Gasteiger partial charge in [0.05, 0.1) is 6.54 Å². The minimum atomic E-state index is 0.843. The average molecular weight is 283 g/mol. The number of hydrogen-bond donors (Lipinski definition) is 1. The highest BCUT2D eigenvalue weighted by atomic mass is 16.3. The number of allylic oxidation sites excluding steroid dienone is 2. The lowest BCUT2D eigenvalue weighted by Gasteiger charge is -2.22. The molecule has 110 valence electrons. The van der Waals surface area contributed by atoms with Gasteiger partial charge in [0, 0.05) is 19.3 Å². The zero-order chi connectivity index (χ0) is 14.2. The molecule has 4 heteroatoms. The Morgan fingerprint density at radius 2 is 2.19 bits per heavy atom. The number of hydrogen-bond acceptors (Lipinski definition) is 3. The molecule has 4 nitrogen and oxygen atoms in total. The van der Waals surface area contributed by atoms with Gasteiger partial charge in [-0.3, -0.25) is 10.00 Å². The smallest absolute Gasteiger partial charge is 0.152 e. The summed E-state index contributed by atoms with van der Waals surface area (Å²) in [7, 11) is 0. The molecule has 1 saturated heterocycles. The van der Waals surface area contributed by atoms with Gasteiger partial charge in [0.25, 0.3) is 0 Å². The van der Waals surface area contributed by atoms with Gasteiger partial charge >= 0.3 is 0 Å². The molecule has 2 aromatic heterocycles. The summed E-state index contributed by atoms with van der Waals surface area (Å²) < 4.78 is 5.94. The van der Waals surface area contributed by atoms with Crippen molar-refractivity contribution in [1.29, 1.82) is 0 Å². The van der Waals surface area contributed by atoms with Gasteiger partial charge in [-0.15, -0.1) is 0 Å². The van der Waals surface area contributed by atoms with Crippen LogP contribution < -0.4 is 0 Å². The van der Waals surface area contributed by atoms with E-state index in [9.17, 15) is 0 Å². The summed E-state index contributed by atoms with van der Waals surface area (Å²) in [6.45, 7) is 5.59. The summed E-state index contributed by atoms with van der Waals surface area (Å²) >= 11 is 0. The molecule has 0 aromatic carbocycles. The Morgan fingerprint density at radius 1 is 1.29 bits per heavy atom. The van der Waals surface area contributed by atoms with E-state index in [1.807, 2.05) is 12.1 Å². The van der Waals surface area contributed by atoms with Gasteiger partial charge in [-0.1, -0.05) is 11.6 Å². The Kier molecular flexibility index (Phi) is 3.19. The van der Waals surface area contributed by atoms with Gasteiger partial charge in [-0.05, 0) is 49.8 Å². The van der Waals surface area contributed by atoms with Crippen LogP contribution in [0.2, 0.25) is 0 Å². The second kappa shape index (κ2) is 5.19. The van der Waals surface area contributed by atoms with Crippen LogP contribution in [-0.2, 0) is 6.54 Å². The third-order valence-corrected chi connectivity index (χ3v) is 4.81. The van der Waals surface area contributed by atoms with E-state index in [2.05, 4.69) is 34.2 Å². The van der Waals surface area contributed by atoms with Crippen molar-refractivity contribution in [1.82, 2.24) is 15.1 Å². The van der Waals surface area contributed by atoms with E-state index in [0.717, 1.165) is 35.6 Å². The molecule has 0 saturated carbocycles. The van der Waals surface area contributed by atoms with Gasteiger partial charge in [0.1, 0.15) is 11.5 Å². The fourth-order valence-corrected chi connectivity index (χ4v) is 3.73. The van der Waals surface area contributed by atoms with Crippen LogP contribution >= 0.6 is 0 Å². The number of furan rings is 1. The van der Waals surface area contributed by atoms with Crippen molar-refractivity contribution in [3.05, 3.63) is 41.8 Å². The number of aromatic amines is 1. The lowest BCUT2D eigenvalue weighted by atomic mass is 9.83. The maximum atomic E-state index is 5.94. The Bertz CT molecular complexity index is 641. The standard InChI is InChI=1S/C17H21N3O/c1-12-2-3-13-9-20(10-14(13)8-12)11-15-4-5-17(21-15)16-6-7-18-19-16/h2,4-7,13-14H,3,8-11H2,1H3,(H,18,19)/t13-,14+/m1/s1. The average Bonchev–Trinajstić information content (AvgIpc) is 3.16. The molecule has 21 heavy (non-hydrogen) atoms. The van der Waals surface area contributed by atoms with Crippen LogP contribution in [0.3, 0.4) is 0 Å². The highest BCUT2D eigenvalue weighted by Crippen LogP contribution is 2.36. The number of fused-ring (bicyclic) bond motifs is 1. The molecule has 2 atom stereocenters. The molecule has 0 radical (unpaired) electrons. The third kappa shape index (κ3) is 2.56. The topological polar surface area (TPSA) is 45.1 Å². The summed E-state index contributed by atoms with van der Waals surface area (Å²) in [4.78, 5) is 2.54. The number of H-pyrrole nitrogens is 1. The van der Waals surface area contributed by atoms with Gasteiger partial charge in [0.15, 0.2) is 5.76 Å². The van der Waals surface area contributed by atoms with E-state index in [0.29, 0.717) is 0 Å². The second-order valence-corrected chi connectivity index (χ2v) is 6.44. The number of aromatic nitrogens is 2.